The number of aliphatic imine (C=N–C) groups is 2. The molecule has 1 atom stereocenters. The maximum atomic E-state index is 4.14. The molecule has 0 aliphatic carbocycles. The molecule has 0 fully saturated rings. The van der Waals surface area contributed by atoms with Crippen LogP contribution in [0.3, 0.4) is 0 Å². The Balaban J connectivity index is 2.27. The van der Waals surface area contributed by atoms with E-state index in [4.69, 9.17) is 0 Å². The van der Waals surface area contributed by atoms with Crippen LogP contribution in [0, 0.1) is 0 Å². The molecule has 0 aromatic rings. The molecule has 3 heterocycles. The molecule has 58 valence electrons. The second-order valence-electron chi connectivity index (χ2n) is 2.68. The van der Waals surface area contributed by atoms with Gasteiger partial charge in [0.2, 0.25) is 0 Å². The Morgan fingerprint density at radius 1 is 1.25 bits per heavy atom. The predicted octanol–water partition coefficient (Wildman–Crippen LogP) is 1.85. The first-order chi connectivity index (χ1) is 5.95. The molecule has 0 saturated carbocycles. The zero-order valence-corrected chi connectivity index (χ0v) is 7.08. The summed E-state index contributed by atoms with van der Waals surface area (Å²) in [6.45, 7) is 0. The summed E-state index contributed by atoms with van der Waals surface area (Å²) in [6.07, 6.45) is 9.95. The SMILES string of the molecule is C1=NC=S2C(=C1)C=C1C=NC=C12. The van der Waals surface area contributed by atoms with E-state index in [9.17, 15) is 0 Å². The Kier molecular flexibility index (Phi) is 1.12. The zero-order valence-electron chi connectivity index (χ0n) is 6.27. The van der Waals surface area contributed by atoms with E-state index in [2.05, 4.69) is 22.1 Å². The van der Waals surface area contributed by atoms with Crippen molar-refractivity contribution in [3.63, 3.8) is 0 Å². The van der Waals surface area contributed by atoms with Crippen LogP contribution in [0.25, 0.3) is 0 Å². The summed E-state index contributed by atoms with van der Waals surface area (Å²) in [4.78, 5) is 10.9. The maximum absolute atomic E-state index is 4.14. The van der Waals surface area contributed by atoms with Crippen LogP contribution in [-0.4, -0.2) is 17.9 Å². The molecule has 0 aromatic carbocycles. The lowest BCUT2D eigenvalue weighted by atomic mass is 10.3. The fourth-order valence-corrected chi connectivity index (χ4v) is 3.09. The number of hydrogen-bond acceptors (Lipinski definition) is 2. The van der Waals surface area contributed by atoms with Gasteiger partial charge in [0, 0.05) is 34.0 Å². The van der Waals surface area contributed by atoms with Crippen LogP contribution in [0.4, 0.5) is 0 Å². The minimum Gasteiger partial charge on any atom is -0.263 e. The Morgan fingerprint density at radius 3 is 3.25 bits per heavy atom. The third-order valence-corrected chi connectivity index (χ3v) is 3.88. The normalized spacial score (nSPS) is 28.7. The molecule has 0 aromatic heterocycles. The maximum Gasteiger partial charge on any atom is 0.0593 e. The smallest absolute Gasteiger partial charge is 0.0593 e. The van der Waals surface area contributed by atoms with Crippen molar-refractivity contribution in [2.45, 2.75) is 0 Å². The Hall–Kier alpha value is -1.22. The van der Waals surface area contributed by atoms with Crippen molar-refractivity contribution in [1.29, 1.82) is 0 Å². The van der Waals surface area contributed by atoms with E-state index in [0.29, 0.717) is 0 Å². The van der Waals surface area contributed by atoms with Crippen molar-refractivity contribution in [2.75, 3.05) is 0 Å². The van der Waals surface area contributed by atoms with Gasteiger partial charge in [-0.3, -0.25) is 9.98 Å². The van der Waals surface area contributed by atoms with E-state index < -0.39 is 0 Å². The van der Waals surface area contributed by atoms with Gasteiger partial charge in [-0.15, -0.1) is 10.5 Å². The van der Waals surface area contributed by atoms with E-state index in [1.807, 2.05) is 24.1 Å². The van der Waals surface area contributed by atoms with Gasteiger partial charge in [0.05, 0.1) is 5.49 Å². The average molecular weight is 174 g/mol. The van der Waals surface area contributed by atoms with Crippen LogP contribution in [0.5, 0.6) is 0 Å². The minimum absolute atomic E-state index is 0.0910. The van der Waals surface area contributed by atoms with E-state index in [1.54, 1.807) is 0 Å². The minimum atomic E-state index is 0.0910. The summed E-state index contributed by atoms with van der Waals surface area (Å²) in [5, 5.41) is 0. The molecule has 1 unspecified atom stereocenters. The molecule has 3 aliphatic rings. The van der Waals surface area contributed by atoms with Gasteiger partial charge in [0.15, 0.2) is 0 Å². The predicted molar refractivity (Wildman–Crippen MR) is 54.9 cm³/mol. The van der Waals surface area contributed by atoms with Crippen molar-refractivity contribution in [1.82, 2.24) is 0 Å². The average Bonchev–Trinajstić information content (AvgIpc) is 2.62. The van der Waals surface area contributed by atoms with Crippen molar-refractivity contribution in [2.24, 2.45) is 9.98 Å². The van der Waals surface area contributed by atoms with Crippen molar-refractivity contribution in [3.05, 3.63) is 33.7 Å². The van der Waals surface area contributed by atoms with E-state index in [0.717, 1.165) is 0 Å². The highest BCUT2D eigenvalue weighted by molar-refractivity contribution is 8.22. The Morgan fingerprint density at radius 2 is 2.25 bits per heavy atom. The van der Waals surface area contributed by atoms with Crippen LogP contribution in [-0.2, 0) is 0 Å². The summed E-state index contributed by atoms with van der Waals surface area (Å²) in [6, 6.07) is 0. The lowest BCUT2D eigenvalue weighted by Gasteiger charge is -2.04. The first-order valence-corrected chi connectivity index (χ1v) is 4.99. The van der Waals surface area contributed by atoms with Crippen LogP contribution < -0.4 is 0 Å². The van der Waals surface area contributed by atoms with E-state index in [-0.39, 0.29) is 10.5 Å². The molecule has 0 radical (unpaired) electrons. The zero-order chi connectivity index (χ0) is 7.97. The standard InChI is InChI=1S/C9H6N2S/c1-2-10-6-12-8(1)3-7-4-11-5-9(7)12/h1-6H. The quantitative estimate of drug-likeness (QED) is 0.501. The fourth-order valence-electron chi connectivity index (χ4n) is 1.41. The Labute approximate surface area is 72.7 Å². The summed E-state index contributed by atoms with van der Waals surface area (Å²) in [5.41, 5.74) is 3.26. The van der Waals surface area contributed by atoms with Gasteiger partial charge in [-0.1, -0.05) is 0 Å². The first kappa shape index (κ1) is 6.31. The number of rotatable bonds is 0. The second-order valence-corrected chi connectivity index (χ2v) is 4.48. The van der Waals surface area contributed by atoms with Crippen molar-refractivity contribution >= 4 is 28.4 Å². The topological polar surface area (TPSA) is 24.7 Å². The lowest BCUT2D eigenvalue weighted by molar-refractivity contribution is 1.64. The lowest BCUT2D eigenvalue weighted by Crippen LogP contribution is -1.82. The number of fused-ring (bicyclic) bond motifs is 3. The molecule has 0 bridgehead atoms. The van der Waals surface area contributed by atoms with Gasteiger partial charge in [0.25, 0.3) is 0 Å². The van der Waals surface area contributed by atoms with Gasteiger partial charge in [0.1, 0.15) is 0 Å². The van der Waals surface area contributed by atoms with Gasteiger partial charge in [-0.2, -0.15) is 0 Å². The van der Waals surface area contributed by atoms with Gasteiger partial charge < -0.3 is 0 Å². The number of hydrogen-bond donors (Lipinski definition) is 0. The highest BCUT2D eigenvalue weighted by atomic mass is 32.2. The summed E-state index contributed by atoms with van der Waals surface area (Å²) >= 11 is 0. The van der Waals surface area contributed by atoms with E-state index >= 15 is 0 Å². The molecular weight excluding hydrogens is 168 g/mol. The van der Waals surface area contributed by atoms with Gasteiger partial charge in [-0.05, 0) is 12.2 Å². The third-order valence-electron chi connectivity index (χ3n) is 1.97. The summed E-state index contributed by atoms with van der Waals surface area (Å²) in [5.74, 6) is 0. The van der Waals surface area contributed by atoms with Gasteiger partial charge >= 0.3 is 0 Å². The number of nitrogens with zero attached hydrogens (tertiary/aromatic N) is 2. The molecule has 2 nitrogen and oxygen atoms in total. The molecule has 0 spiro atoms. The van der Waals surface area contributed by atoms with E-state index in [1.165, 1.54) is 15.4 Å². The first-order valence-electron chi connectivity index (χ1n) is 3.70. The van der Waals surface area contributed by atoms with Crippen LogP contribution >= 0.6 is 10.5 Å². The molecule has 3 aliphatic heterocycles. The van der Waals surface area contributed by atoms with Crippen LogP contribution in [0.2, 0.25) is 0 Å². The molecule has 0 amide bonds. The fraction of sp³-hybridized carbons (Fsp3) is 0. The largest absolute Gasteiger partial charge is 0.263 e. The van der Waals surface area contributed by atoms with Crippen LogP contribution in [0.1, 0.15) is 0 Å². The summed E-state index contributed by atoms with van der Waals surface area (Å²) in [7, 11) is 0.0910. The molecule has 0 N–H and O–H groups in total. The molecule has 0 saturated heterocycles. The molecule has 12 heavy (non-hydrogen) atoms. The second kappa shape index (κ2) is 2.14. The van der Waals surface area contributed by atoms with Crippen molar-refractivity contribution < 1.29 is 0 Å². The Bertz CT molecular complexity index is 413. The molecule has 3 rings (SSSR count). The number of allylic oxidation sites excluding steroid dienone is 3. The highest BCUT2D eigenvalue weighted by Gasteiger charge is 2.22. The third kappa shape index (κ3) is 0.689. The van der Waals surface area contributed by atoms with Crippen molar-refractivity contribution in [3.8, 4) is 0 Å². The van der Waals surface area contributed by atoms with Gasteiger partial charge in [-0.25, -0.2) is 0 Å². The van der Waals surface area contributed by atoms with Crippen LogP contribution in [0.15, 0.2) is 43.7 Å². The summed E-state index contributed by atoms with van der Waals surface area (Å²) < 4.78 is 0. The monoisotopic (exact) mass is 174 g/mol. The highest BCUT2D eigenvalue weighted by Crippen LogP contribution is 2.47. The molecular formula is C9H6N2S. The molecule has 3 heteroatoms.